The Morgan fingerprint density at radius 2 is 1.57 bits per heavy atom. The zero-order valence-electron chi connectivity index (χ0n) is 12.6. The van der Waals surface area contributed by atoms with Gasteiger partial charge < -0.3 is 14.9 Å². The normalized spacial score (nSPS) is 11.5. The minimum absolute atomic E-state index is 0.00665. The molecule has 0 atom stereocenters. The highest BCUT2D eigenvalue weighted by Gasteiger charge is 2.17. The molecule has 2 N–H and O–H groups in total. The van der Waals surface area contributed by atoms with Crippen molar-refractivity contribution in [1.82, 2.24) is 4.98 Å². The number of hydrogen-bond acceptors (Lipinski definition) is 4. The summed E-state index contributed by atoms with van der Waals surface area (Å²) in [6.07, 6.45) is 0. The van der Waals surface area contributed by atoms with Crippen LogP contribution in [0.5, 0.6) is 11.6 Å². The van der Waals surface area contributed by atoms with E-state index in [1.165, 1.54) is 0 Å². The van der Waals surface area contributed by atoms with Crippen molar-refractivity contribution in [2.75, 3.05) is 0 Å². The highest BCUT2D eigenvalue weighted by molar-refractivity contribution is 5.33. The SMILES string of the molecule is CC(C)(C)c1cc(CO)cc(Oc2ccc(CO)cc2)n1. The summed E-state index contributed by atoms with van der Waals surface area (Å²) in [5.41, 5.74) is 2.35. The van der Waals surface area contributed by atoms with Crippen molar-refractivity contribution >= 4 is 0 Å². The van der Waals surface area contributed by atoms with E-state index in [1.54, 1.807) is 30.3 Å². The second-order valence-electron chi connectivity index (χ2n) is 6.01. The van der Waals surface area contributed by atoms with Gasteiger partial charge in [-0.25, -0.2) is 4.98 Å². The van der Waals surface area contributed by atoms with Gasteiger partial charge in [0.25, 0.3) is 0 Å². The molecule has 21 heavy (non-hydrogen) atoms. The van der Waals surface area contributed by atoms with E-state index in [2.05, 4.69) is 25.8 Å². The predicted octanol–water partition coefficient (Wildman–Crippen LogP) is 3.16. The lowest BCUT2D eigenvalue weighted by atomic mass is 9.91. The predicted molar refractivity (Wildman–Crippen MR) is 81.3 cm³/mol. The fraction of sp³-hybridized carbons (Fsp3) is 0.353. The molecule has 0 saturated carbocycles. The standard InChI is InChI=1S/C17H21NO3/c1-17(2,3)15-8-13(11-20)9-16(18-15)21-14-6-4-12(10-19)5-7-14/h4-9,19-20H,10-11H2,1-3H3. The summed E-state index contributed by atoms with van der Waals surface area (Å²) in [6.45, 7) is 6.15. The van der Waals surface area contributed by atoms with Crippen LogP contribution in [-0.4, -0.2) is 15.2 Å². The van der Waals surface area contributed by atoms with Crippen LogP contribution >= 0.6 is 0 Å². The van der Waals surface area contributed by atoms with Crippen LogP contribution in [0.15, 0.2) is 36.4 Å². The zero-order chi connectivity index (χ0) is 15.5. The Bertz CT molecular complexity index is 600. The zero-order valence-corrected chi connectivity index (χ0v) is 12.6. The summed E-state index contributed by atoms with van der Waals surface area (Å²) in [6, 6.07) is 10.8. The molecule has 0 bridgehead atoms. The van der Waals surface area contributed by atoms with Gasteiger partial charge in [-0.15, -0.1) is 0 Å². The van der Waals surface area contributed by atoms with E-state index in [-0.39, 0.29) is 18.6 Å². The highest BCUT2D eigenvalue weighted by Crippen LogP contribution is 2.27. The van der Waals surface area contributed by atoms with E-state index in [4.69, 9.17) is 9.84 Å². The van der Waals surface area contributed by atoms with Gasteiger partial charge in [-0.2, -0.15) is 0 Å². The lowest BCUT2D eigenvalue weighted by Crippen LogP contribution is -2.14. The van der Waals surface area contributed by atoms with Crippen LogP contribution in [0.1, 0.15) is 37.6 Å². The Kier molecular flexibility index (Phi) is 4.60. The molecule has 4 heteroatoms. The number of benzene rings is 1. The number of ether oxygens (including phenoxy) is 1. The molecular formula is C17H21NO3. The van der Waals surface area contributed by atoms with Gasteiger partial charge in [-0.3, -0.25) is 0 Å². The molecule has 1 aromatic heterocycles. The Labute approximate surface area is 125 Å². The van der Waals surface area contributed by atoms with Crippen molar-refractivity contribution in [3.8, 4) is 11.6 Å². The quantitative estimate of drug-likeness (QED) is 0.906. The number of pyridine rings is 1. The van der Waals surface area contributed by atoms with E-state index in [0.29, 0.717) is 11.6 Å². The van der Waals surface area contributed by atoms with E-state index in [1.807, 2.05) is 6.07 Å². The molecule has 2 rings (SSSR count). The minimum Gasteiger partial charge on any atom is -0.439 e. The van der Waals surface area contributed by atoms with Crippen LogP contribution in [0, 0.1) is 0 Å². The van der Waals surface area contributed by atoms with Crippen LogP contribution in [0.25, 0.3) is 0 Å². The molecule has 0 aliphatic rings. The van der Waals surface area contributed by atoms with E-state index >= 15 is 0 Å². The topological polar surface area (TPSA) is 62.6 Å². The van der Waals surface area contributed by atoms with E-state index in [9.17, 15) is 5.11 Å². The molecule has 0 saturated heterocycles. The lowest BCUT2D eigenvalue weighted by molar-refractivity contribution is 0.280. The maximum absolute atomic E-state index is 9.38. The van der Waals surface area contributed by atoms with E-state index in [0.717, 1.165) is 16.8 Å². The number of aromatic nitrogens is 1. The minimum atomic E-state index is -0.121. The summed E-state index contributed by atoms with van der Waals surface area (Å²) in [5, 5.41) is 18.4. The van der Waals surface area contributed by atoms with Crippen LogP contribution in [0.4, 0.5) is 0 Å². The van der Waals surface area contributed by atoms with Crippen molar-refractivity contribution in [3.63, 3.8) is 0 Å². The summed E-state index contributed by atoms with van der Waals surface area (Å²) in [4.78, 5) is 4.51. The maximum Gasteiger partial charge on any atom is 0.219 e. The third-order valence-electron chi connectivity index (χ3n) is 3.14. The maximum atomic E-state index is 9.38. The number of nitrogens with zero attached hydrogens (tertiary/aromatic N) is 1. The molecule has 0 unspecified atom stereocenters. The third-order valence-corrected chi connectivity index (χ3v) is 3.14. The van der Waals surface area contributed by atoms with Crippen molar-refractivity contribution in [2.45, 2.75) is 39.4 Å². The molecule has 0 radical (unpaired) electrons. The van der Waals surface area contributed by atoms with Gasteiger partial charge in [-0.1, -0.05) is 32.9 Å². The number of hydrogen-bond donors (Lipinski definition) is 2. The first kappa shape index (κ1) is 15.5. The second kappa shape index (κ2) is 6.24. The molecule has 0 spiro atoms. The van der Waals surface area contributed by atoms with Crippen LogP contribution in [0.3, 0.4) is 0 Å². The Morgan fingerprint density at radius 1 is 0.952 bits per heavy atom. The molecule has 0 aliphatic heterocycles. The monoisotopic (exact) mass is 287 g/mol. The highest BCUT2D eigenvalue weighted by atomic mass is 16.5. The molecule has 4 nitrogen and oxygen atoms in total. The molecular weight excluding hydrogens is 266 g/mol. The fourth-order valence-electron chi connectivity index (χ4n) is 1.87. The Hall–Kier alpha value is -1.91. The van der Waals surface area contributed by atoms with Crippen molar-refractivity contribution in [3.05, 3.63) is 53.2 Å². The molecule has 0 amide bonds. The van der Waals surface area contributed by atoms with Gasteiger partial charge in [0.05, 0.1) is 18.9 Å². The van der Waals surface area contributed by atoms with Crippen LogP contribution in [0.2, 0.25) is 0 Å². The summed E-state index contributed by atoms with van der Waals surface area (Å²) in [5.74, 6) is 1.11. The van der Waals surface area contributed by atoms with Gasteiger partial charge >= 0.3 is 0 Å². The van der Waals surface area contributed by atoms with E-state index < -0.39 is 0 Å². The molecule has 2 aromatic rings. The molecule has 0 aliphatic carbocycles. The fourth-order valence-corrected chi connectivity index (χ4v) is 1.87. The number of aliphatic hydroxyl groups is 2. The number of rotatable bonds is 4. The summed E-state index contributed by atoms with van der Waals surface area (Å²) >= 11 is 0. The largest absolute Gasteiger partial charge is 0.439 e. The van der Waals surface area contributed by atoms with Crippen molar-refractivity contribution in [1.29, 1.82) is 0 Å². The first-order valence-electron chi connectivity index (χ1n) is 6.92. The summed E-state index contributed by atoms with van der Waals surface area (Å²) < 4.78 is 5.75. The molecule has 1 aromatic carbocycles. The average Bonchev–Trinajstić information content (AvgIpc) is 2.46. The molecule has 112 valence electrons. The van der Waals surface area contributed by atoms with Gasteiger partial charge in [0.1, 0.15) is 5.75 Å². The Balaban J connectivity index is 2.29. The van der Waals surface area contributed by atoms with Gasteiger partial charge in [0, 0.05) is 11.5 Å². The summed E-state index contributed by atoms with van der Waals surface area (Å²) in [7, 11) is 0. The third kappa shape index (κ3) is 4.03. The smallest absolute Gasteiger partial charge is 0.219 e. The first-order chi connectivity index (χ1) is 9.92. The van der Waals surface area contributed by atoms with Crippen LogP contribution in [-0.2, 0) is 18.6 Å². The lowest BCUT2D eigenvalue weighted by Gasteiger charge is -2.19. The van der Waals surface area contributed by atoms with Gasteiger partial charge in [0.2, 0.25) is 5.88 Å². The number of aliphatic hydroxyl groups excluding tert-OH is 2. The van der Waals surface area contributed by atoms with Gasteiger partial charge in [-0.05, 0) is 29.3 Å². The second-order valence-corrected chi connectivity index (χ2v) is 6.01. The van der Waals surface area contributed by atoms with Gasteiger partial charge in [0.15, 0.2) is 0 Å². The molecule has 1 heterocycles. The average molecular weight is 287 g/mol. The molecule has 0 fully saturated rings. The van der Waals surface area contributed by atoms with Crippen molar-refractivity contribution in [2.24, 2.45) is 0 Å². The first-order valence-corrected chi connectivity index (χ1v) is 6.92. The Morgan fingerprint density at radius 3 is 2.10 bits per heavy atom. The van der Waals surface area contributed by atoms with Crippen molar-refractivity contribution < 1.29 is 14.9 Å². The van der Waals surface area contributed by atoms with Crippen LogP contribution < -0.4 is 4.74 Å².